The first-order valence-corrected chi connectivity index (χ1v) is 16.6. The monoisotopic (exact) mass is 696 g/mol. The van der Waals surface area contributed by atoms with E-state index in [1.54, 1.807) is 18.0 Å². The number of nitrogens with one attached hydrogen (secondary N) is 1. The third-order valence-corrected chi connectivity index (χ3v) is 9.39. The summed E-state index contributed by atoms with van der Waals surface area (Å²) in [4.78, 5) is 53.3. The van der Waals surface area contributed by atoms with E-state index in [1.807, 2.05) is 34.5 Å². The molecular weight excluding hydrogens is 663 g/mol. The summed E-state index contributed by atoms with van der Waals surface area (Å²) in [5, 5.41) is 5.92. The molecule has 0 unspecified atom stereocenters. The van der Waals surface area contributed by atoms with E-state index in [2.05, 4.69) is 15.2 Å². The van der Waals surface area contributed by atoms with Crippen LogP contribution >= 0.6 is 22.9 Å². The molecule has 0 radical (unpaired) electrons. The Kier molecular flexibility index (Phi) is 10.3. The van der Waals surface area contributed by atoms with Crippen molar-refractivity contribution in [1.82, 2.24) is 20.1 Å². The van der Waals surface area contributed by atoms with E-state index in [1.165, 1.54) is 36.6 Å². The Labute approximate surface area is 285 Å². The van der Waals surface area contributed by atoms with Gasteiger partial charge in [0.2, 0.25) is 0 Å². The number of ether oxygens (including phenoxy) is 3. The predicted molar refractivity (Wildman–Crippen MR) is 177 cm³/mol. The normalized spacial score (nSPS) is 19.6. The number of anilines is 1. The summed E-state index contributed by atoms with van der Waals surface area (Å²) in [6, 6.07) is 10.5. The predicted octanol–water partition coefficient (Wildman–Crippen LogP) is 4.16. The van der Waals surface area contributed by atoms with Gasteiger partial charge >= 0.3 is 18.0 Å². The smallest absolute Gasteiger partial charge is 0.338 e. The zero-order chi connectivity index (χ0) is 33.8. The van der Waals surface area contributed by atoms with E-state index in [0.717, 1.165) is 11.3 Å². The number of urea groups is 1. The third kappa shape index (κ3) is 7.21. The summed E-state index contributed by atoms with van der Waals surface area (Å²) >= 11 is 7.88. The highest BCUT2D eigenvalue weighted by molar-refractivity contribution is 7.11. The number of carbonyl (C=O) groups excluding carboxylic acids is 3. The highest BCUT2D eigenvalue weighted by atomic mass is 35.5. The first-order chi connectivity index (χ1) is 23.2. The quantitative estimate of drug-likeness (QED) is 0.294. The molecule has 3 aromatic rings. The second kappa shape index (κ2) is 14.8. The summed E-state index contributed by atoms with van der Waals surface area (Å²) in [7, 11) is 1.30. The number of halogens is 2. The van der Waals surface area contributed by atoms with E-state index in [0.29, 0.717) is 61.4 Å². The van der Waals surface area contributed by atoms with Gasteiger partial charge in [-0.05, 0) is 36.8 Å². The van der Waals surface area contributed by atoms with Crippen molar-refractivity contribution in [1.29, 1.82) is 0 Å². The number of piperazine rings is 1. The molecule has 15 heteroatoms. The number of rotatable bonds is 11. The number of esters is 2. The van der Waals surface area contributed by atoms with Gasteiger partial charge in [-0.3, -0.25) is 14.8 Å². The Bertz CT molecular complexity index is 1740. The van der Waals surface area contributed by atoms with Gasteiger partial charge in [-0.15, -0.1) is 11.3 Å². The van der Waals surface area contributed by atoms with Gasteiger partial charge in [0, 0.05) is 66.3 Å². The van der Waals surface area contributed by atoms with E-state index in [-0.39, 0.29) is 35.9 Å². The number of aromatic nitrogens is 1. The average Bonchev–Trinajstić information content (AvgIpc) is 3.73. The van der Waals surface area contributed by atoms with Gasteiger partial charge in [-0.2, -0.15) is 0 Å². The molecule has 6 rings (SSSR count). The maximum Gasteiger partial charge on any atom is 0.338 e. The van der Waals surface area contributed by atoms with Crippen molar-refractivity contribution < 1.29 is 33.0 Å². The number of amidine groups is 1. The van der Waals surface area contributed by atoms with Crippen molar-refractivity contribution in [2.75, 3.05) is 57.9 Å². The van der Waals surface area contributed by atoms with Crippen LogP contribution in [0.25, 0.3) is 0 Å². The van der Waals surface area contributed by atoms with Crippen LogP contribution in [0.4, 0.5) is 14.9 Å². The van der Waals surface area contributed by atoms with E-state index in [4.69, 9.17) is 30.8 Å². The van der Waals surface area contributed by atoms with Crippen LogP contribution in [0.1, 0.15) is 29.1 Å². The van der Waals surface area contributed by atoms with Crippen LogP contribution in [0, 0.1) is 5.82 Å². The Morgan fingerprint density at radius 1 is 1.15 bits per heavy atom. The lowest BCUT2D eigenvalue weighted by molar-refractivity contribution is -0.148. The van der Waals surface area contributed by atoms with Crippen LogP contribution in [-0.4, -0.2) is 97.7 Å². The van der Waals surface area contributed by atoms with E-state index >= 15 is 0 Å². The summed E-state index contributed by atoms with van der Waals surface area (Å²) in [6.07, 6.45) is 1.67. The molecule has 1 aromatic heterocycles. The standard InChI is InChI=1S/C33H34ClFN6O6S/c1-3-47-27(42)19-46-18-20-4-7-22(8-5-20)41-16-23-15-39(11-12-40(23)33(41)44)17-26-28(32(43)45-2)29(24-9-6-21(35)14-25(24)34)38-30(37-26)31-36-10-13-48-31/h4-10,13-14,23,29H,3,11-12,15-19H2,1-2H3,(H,37,38)/t23-,29-/m0/s1. The number of hydrogen-bond donors (Lipinski definition) is 1. The highest BCUT2D eigenvalue weighted by Gasteiger charge is 2.42. The van der Waals surface area contributed by atoms with Crippen molar-refractivity contribution in [3.63, 3.8) is 0 Å². The Balaban J connectivity index is 1.18. The molecule has 4 heterocycles. The Hall–Kier alpha value is -4.37. The number of aliphatic imine (C=N–C) groups is 1. The molecule has 3 aliphatic heterocycles. The number of carbonyl (C=O) groups is 3. The molecule has 48 heavy (non-hydrogen) atoms. The molecule has 2 atom stereocenters. The molecule has 2 aromatic carbocycles. The minimum atomic E-state index is -0.857. The van der Waals surface area contributed by atoms with Gasteiger partial charge in [0.25, 0.3) is 0 Å². The lowest BCUT2D eigenvalue weighted by atomic mass is 9.95. The molecule has 252 valence electrons. The second-order valence-electron chi connectivity index (χ2n) is 11.3. The summed E-state index contributed by atoms with van der Waals surface area (Å²) < 4.78 is 29.5. The van der Waals surface area contributed by atoms with Crippen LogP contribution in [-0.2, 0) is 30.4 Å². The Morgan fingerprint density at radius 2 is 1.96 bits per heavy atom. The van der Waals surface area contributed by atoms with Crippen molar-refractivity contribution in [3.05, 3.63) is 92.3 Å². The number of amides is 2. The van der Waals surface area contributed by atoms with Crippen LogP contribution in [0.3, 0.4) is 0 Å². The van der Waals surface area contributed by atoms with Crippen molar-refractivity contribution >= 4 is 52.4 Å². The molecule has 1 N–H and O–H groups in total. The van der Waals surface area contributed by atoms with Crippen molar-refractivity contribution in [2.24, 2.45) is 4.99 Å². The zero-order valence-corrected chi connectivity index (χ0v) is 27.9. The maximum absolute atomic E-state index is 14.0. The molecule has 12 nitrogen and oxygen atoms in total. The number of fused-ring (bicyclic) bond motifs is 1. The highest BCUT2D eigenvalue weighted by Crippen LogP contribution is 2.37. The largest absolute Gasteiger partial charge is 0.466 e. The minimum absolute atomic E-state index is 0.0691. The van der Waals surface area contributed by atoms with E-state index in [9.17, 15) is 18.8 Å². The first kappa shape index (κ1) is 33.5. The topological polar surface area (TPSA) is 126 Å². The number of benzene rings is 2. The number of nitrogens with zero attached hydrogens (tertiary/aromatic N) is 5. The SMILES string of the molecule is CCOC(=O)COCc1ccc(N2C[C@@H]3CN(CC4=C(C(=O)OC)[C@H](c5ccc(F)cc5Cl)N=C(c5nccs5)N4)CCN3C2=O)cc1. The van der Waals surface area contributed by atoms with Crippen molar-refractivity contribution in [2.45, 2.75) is 25.6 Å². The fourth-order valence-electron chi connectivity index (χ4n) is 6.05. The zero-order valence-electron chi connectivity index (χ0n) is 26.4. The van der Waals surface area contributed by atoms with Gasteiger partial charge in [-0.25, -0.2) is 23.8 Å². The average molecular weight is 697 g/mol. The van der Waals surface area contributed by atoms with Crippen molar-refractivity contribution in [3.8, 4) is 0 Å². The lowest BCUT2D eigenvalue weighted by Gasteiger charge is -2.38. The molecule has 2 fully saturated rings. The lowest BCUT2D eigenvalue weighted by Crippen LogP contribution is -2.53. The van der Waals surface area contributed by atoms with Gasteiger partial charge in [0.05, 0.1) is 31.9 Å². The Morgan fingerprint density at radius 3 is 2.67 bits per heavy atom. The molecule has 2 amide bonds. The van der Waals surface area contributed by atoms with E-state index < -0.39 is 23.8 Å². The van der Waals surface area contributed by atoms with Gasteiger partial charge in [-0.1, -0.05) is 29.8 Å². The number of hydrogen-bond acceptors (Lipinski definition) is 11. The third-order valence-electron chi connectivity index (χ3n) is 8.28. The number of thiazole rings is 1. The van der Waals surface area contributed by atoms with Crippen LogP contribution < -0.4 is 10.2 Å². The van der Waals surface area contributed by atoms with Gasteiger partial charge in [0.1, 0.15) is 18.5 Å². The first-order valence-electron chi connectivity index (χ1n) is 15.4. The summed E-state index contributed by atoms with van der Waals surface area (Å²) in [5.41, 5.74) is 2.94. The molecule has 2 saturated heterocycles. The fourth-order valence-corrected chi connectivity index (χ4v) is 6.91. The molecule has 3 aliphatic rings. The van der Waals surface area contributed by atoms with Gasteiger partial charge in [0.15, 0.2) is 10.8 Å². The molecular formula is C33H34ClFN6O6S. The number of methoxy groups -OCH3 is 1. The summed E-state index contributed by atoms with van der Waals surface area (Å²) in [6.45, 7) is 4.62. The molecule has 0 aliphatic carbocycles. The van der Waals surface area contributed by atoms with Gasteiger partial charge < -0.3 is 24.4 Å². The minimum Gasteiger partial charge on any atom is -0.466 e. The second-order valence-corrected chi connectivity index (χ2v) is 12.6. The molecule has 0 saturated carbocycles. The summed E-state index contributed by atoms with van der Waals surface area (Å²) in [5.74, 6) is -1.03. The maximum atomic E-state index is 14.0. The molecule has 0 spiro atoms. The van der Waals surface area contributed by atoms with Crippen LogP contribution in [0.2, 0.25) is 5.02 Å². The fraction of sp³-hybridized carbons (Fsp3) is 0.364. The van der Waals surface area contributed by atoms with Crippen LogP contribution in [0.15, 0.2) is 70.3 Å². The molecule has 0 bridgehead atoms. The van der Waals surface area contributed by atoms with Crippen LogP contribution in [0.5, 0.6) is 0 Å².